The molecule has 0 saturated heterocycles. The second-order valence-electron chi connectivity index (χ2n) is 6.14. The molecule has 1 atom stereocenters. The first-order chi connectivity index (χ1) is 10.3. The van der Waals surface area contributed by atoms with Gasteiger partial charge in [0.2, 0.25) is 5.91 Å². The van der Waals surface area contributed by atoms with Crippen molar-refractivity contribution in [1.82, 2.24) is 10.6 Å². The van der Waals surface area contributed by atoms with Crippen molar-refractivity contribution in [1.29, 1.82) is 0 Å². The van der Waals surface area contributed by atoms with E-state index in [-0.39, 0.29) is 5.91 Å². The van der Waals surface area contributed by atoms with Crippen molar-refractivity contribution >= 4 is 12.0 Å². The van der Waals surface area contributed by atoms with Crippen molar-refractivity contribution in [2.75, 3.05) is 0 Å². The maximum Gasteiger partial charge on any atom is 0.408 e. The highest BCUT2D eigenvalue weighted by Gasteiger charge is 2.23. The third-order valence-corrected chi connectivity index (χ3v) is 2.87. The number of ether oxygens (including phenoxy) is 1. The van der Waals surface area contributed by atoms with Crippen LogP contribution in [0, 0.1) is 0 Å². The van der Waals surface area contributed by atoms with Gasteiger partial charge in [-0.3, -0.25) is 4.79 Å². The summed E-state index contributed by atoms with van der Waals surface area (Å²) in [4.78, 5) is 24.1. The lowest BCUT2D eigenvalue weighted by atomic mass is 10.1. The Morgan fingerprint density at radius 3 is 2.64 bits per heavy atom. The molecular weight excluding hydrogens is 284 g/mol. The minimum absolute atomic E-state index is 0.240. The van der Waals surface area contributed by atoms with Gasteiger partial charge in [-0.05, 0) is 39.3 Å². The number of rotatable bonds is 7. The first-order valence-corrected chi connectivity index (χ1v) is 7.61. The zero-order valence-corrected chi connectivity index (χ0v) is 13.8. The third kappa shape index (κ3) is 7.15. The number of hydrogen-bond acceptors (Lipinski definition) is 4. The molecule has 0 fully saturated rings. The fourth-order valence-corrected chi connectivity index (χ4v) is 1.84. The molecule has 124 valence electrons. The number of amides is 2. The van der Waals surface area contributed by atoms with E-state index < -0.39 is 17.7 Å². The van der Waals surface area contributed by atoms with Crippen LogP contribution in [-0.4, -0.2) is 23.6 Å². The second kappa shape index (κ2) is 8.46. The van der Waals surface area contributed by atoms with E-state index in [2.05, 4.69) is 10.6 Å². The number of carbonyl (C=O) groups excluding carboxylic acids is 2. The molecule has 1 rings (SSSR count). The van der Waals surface area contributed by atoms with Crippen molar-refractivity contribution in [2.24, 2.45) is 0 Å². The maximum atomic E-state index is 12.2. The molecule has 2 N–H and O–H groups in total. The molecule has 0 aliphatic heterocycles. The predicted molar refractivity (Wildman–Crippen MR) is 83.2 cm³/mol. The van der Waals surface area contributed by atoms with E-state index in [0.717, 1.165) is 12.8 Å². The van der Waals surface area contributed by atoms with Crippen LogP contribution < -0.4 is 10.6 Å². The lowest BCUT2D eigenvalue weighted by Crippen LogP contribution is -2.48. The van der Waals surface area contributed by atoms with Crippen LogP contribution in [0.5, 0.6) is 0 Å². The Labute approximate surface area is 131 Å². The Kier molecular flexibility index (Phi) is 6.95. The number of hydrogen-bond donors (Lipinski definition) is 2. The SMILES string of the molecule is CCCC[C@@H](NC(=O)OC(C)(C)C)C(=O)NCc1ccco1. The van der Waals surface area contributed by atoms with Crippen molar-refractivity contribution < 1.29 is 18.7 Å². The van der Waals surface area contributed by atoms with Crippen LogP contribution in [0.15, 0.2) is 22.8 Å². The Morgan fingerprint density at radius 2 is 2.09 bits per heavy atom. The Bertz CT molecular complexity index is 463. The van der Waals surface area contributed by atoms with Crippen molar-refractivity contribution in [3.05, 3.63) is 24.2 Å². The zero-order chi connectivity index (χ0) is 16.6. The zero-order valence-electron chi connectivity index (χ0n) is 13.8. The molecule has 1 aromatic heterocycles. The molecule has 0 bridgehead atoms. The van der Waals surface area contributed by atoms with Crippen LogP contribution in [0.4, 0.5) is 4.79 Å². The topological polar surface area (TPSA) is 80.6 Å². The highest BCUT2D eigenvalue weighted by atomic mass is 16.6. The molecule has 2 amide bonds. The molecule has 6 nitrogen and oxygen atoms in total. The summed E-state index contributed by atoms with van der Waals surface area (Å²) in [6.45, 7) is 7.68. The van der Waals surface area contributed by atoms with E-state index >= 15 is 0 Å². The van der Waals surface area contributed by atoms with Crippen LogP contribution in [0.1, 0.15) is 52.7 Å². The minimum atomic E-state index is -0.607. The number of carbonyl (C=O) groups is 2. The van der Waals surface area contributed by atoms with Crippen LogP contribution in [0.3, 0.4) is 0 Å². The Hall–Kier alpha value is -1.98. The maximum absolute atomic E-state index is 12.2. The smallest absolute Gasteiger partial charge is 0.408 e. The molecule has 6 heteroatoms. The van der Waals surface area contributed by atoms with Gasteiger partial charge in [0.25, 0.3) is 0 Å². The van der Waals surface area contributed by atoms with Crippen LogP contribution >= 0.6 is 0 Å². The molecular formula is C16H26N2O4. The van der Waals surface area contributed by atoms with Gasteiger partial charge in [0, 0.05) is 0 Å². The minimum Gasteiger partial charge on any atom is -0.467 e. The first-order valence-electron chi connectivity index (χ1n) is 7.61. The van der Waals surface area contributed by atoms with Crippen LogP contribution in [-0.2, 0) is 16.1 Å². The van der Waals surface area contributed by atoms with E-state index in [4.69, 9.17) is 9.15 Å². The largest absolute Gasteiger partial charge is 0.467 e. The van der Waals surface area contributed by atoms with Gasteiger partial charge >= 0.3 is 6.09 Å². The van der Waals surface area contributed by atoms with Gasteiger partial charge in [-0.2, -0.15) is 0 Å². The molecule has 0 saturated carbocycles. The van der Waals surface area contributed by atoms with Gasteiger partial charge in [0.1, 0.15) is 17.4 Å². The van der Waals surface area contributed by atoms with E-state index in [1.165, 1.54) is 0 Å². The number of alkyl carbamates (subject to hydrolysis) is 1. The molecule has 1 heterocycles. The monoisotopic (exact) mass is 310 g/mol. The summed E-state index contributed by atoms with van der Waals surface area (Å²) < 4.78 is 10.4. The predicted octanol–water partition coefficient (Wildman–Crippen LogP) is 2.98. The normalized spacial score (nSPS) is 12.5. The van der Waals surface area contributed by atoms with Gasteiger partial charge < -0.3 is 19.8 Å². The lowest BCUT2D eigenvalue weighted by molar-refractivity contribution is -0.123. The molecule has 0 aliphatic carbocycles. The summed E-state index contributed by atoms with van der Waals surface area (Å²) in [5, 5.41) is 5.39. The molecule has 22 heavy (non-hydrogen) atoms. The third-order valence-electron chi connectivity index (χ3n) is 2.87. The molecule has 1 aromatic rings. The van der Waals surface area contributed by atoms with E-state index in [1.807, 2.05) is 6.92 Å². The Morgan fingerprint density at radius 1 is 1.36 bits per heavy atom. The highest BCUT2D eigenvalue weighted by molar-refractivity contribution is 5.85. The highest BCUT2D eigenvalue weighted by Crippen LogP contribution is 2.08. The molecule has 0 aromatic carbocycles. The van der Waals surface area contributed by atoms with E-state index in [1.54, 1.807) is 39.2 Å². The number of furan rings is 1. The lowest BCUT2D eigenvalue weighted by Gasteiger charge is -2.23. The fraction of sp³-hybridized carbons (Fsp3) is 0.625. The van der Waals surface area contributed by atoms with Gasteiger partial charge in [0.05, 0.1) is 12.8 Å². The molecule has 0 radical (unpaired) electrons. The molecule has 0 aliphatic rings. The van der Waals surface area contributed by atoms with Crippen molar-refractivity contribution in [3.63, 3.8) is 0 Å². The first kappa shape index (κ1) is 18.1. The van der Waals surface area contributed by atoms with Gasteiger partial charge in [0.15, 0.2) is 0 Å². The van der Waals surface area contributed by atoms with Gasteiger partial charge in [-0.25, -0.2) is 4.79 Å². The summed E-state index contributed by atoms with van der Waals surface area (Å²) in [5.41, 5.74) is -0.593. The Balaban J connectivity index is 2.54. The molecule has 0 unspecified atom stereocenters. The summed E-state index contributed by atoms with van der Waals surface area (Å²) >= 11 is 0. The van der Waals surface area contributed by atoms with E-state index in [9.17, 15) is 9.59 Å². The number of unbranched alkanes of at least 4 members (excludes halogenated alkanes) is 1. The average Bonchev–Trinajstić information content (AvgIpc) is 2.91. The van der Waals surface area contributed by atoms with Gasteiger partial charge in [-0.15, -0.1) is 0 Å². The summed E-state index contributed by atoms with van der Waals surface area (Å²) in [6, 6.07) is 2.93. The van der Waals surface area contributed by atoms with Crippen molar-refractivity contribution in [3.8, 4) is 0 Å². The average molecular weight is 310 g/mol. The van der Waals surface area contributed by atoms with Crippen LogP contribution in [0.25, 0.3) is 0 Å². The summed E-state index contributed by atoms with van der Waals surface area (Å²) in [7, 11) is 0. The van der Waals surface area contributed by atoms with Gasteiger partial charge in [-0.1, -0.05) is 19.8 Å². The fourth-order valence-electron chi connectivity index (χ4n) is 1.84. The number of nitrogens with one attached hydrogen (secondary N) is 2. The summed E-state index contributed by atoms with van der Waals surface area (Å²) in [6.07, 6.45) is 3.32. The second-order valence-corrected chi connectivity index (χ2v) is 6.14. The van der Waals surface area contributed by atoms with Crippen molar-refractivity contribution in [2.45, 2.75) is 65.1 Å². The van der Waals surface area contributed by atoms with E-state index in [0.29, 0.717) is 18.7 Å². The quantitative estimate of drug-likeness (QED) is 0.811. The van der Waals surface area contributed by atoms with Crippen LogP contribution in [0.2, 0.25) is 0 Å². The summed E-state index contributed by atoms with van der Waals surface area (Å²) in [5.74, 6) is 0.426. The standard InChI is InChI=1S/C16H26N2O4/c1-5-6-9-13(18-15(20)22-16(2,3)4)14(19)17-11-12-8-7-10-21-12/h7-8,10,13H,5-6,9,11H2,1-4H3,(H,17,19)(H,18,20)/t13-/m1/s1. The molecule has 0 spiro atoms.